The third kappa shape index (κ3) is 7.17. The molecule has 1 heterocycles. The Kier molecular flexibility index (Phi) is 10.6. The first kappa shape index (κ1) is 35.5. The molecule has 9 heteroatoms. The van der Waals surface area contributed by atoms with E-state index < -0.39 is 0 Å². The summed E-state index contributed by atoms with van der Waals surface area (Å²) in [6.45, 7) is 20.6. The molecule has 3 aliphatic rings. The van der Waals surface area contributed by atoms with Gasteiger partial charge in [-0.2, -0.15) is 0 Å². The van der Waals surface area contributed by atoms with E-state index in [-0.39, 0.29) is 22.7 Å². The summed E-state index contributed by atoms with van der Waals surface area (Å²) >= 11 is 1.51. The maximum atomic E-state index is 13.4. The summed E-state index contributed by atoms with van der Waals surface area (Å²) in [5.74, 6) is 2.35. The number of nitrogens with one attached hydrogen (secondary N) is 1. The van der Waals surface area contributed by atoms with Crippen LogP contribution in [0.1, 0.15) is 114 Å². The van der Waals surface area contributed by atoms with Gasteiger partial charge in [-0.1, -0.05) is 38.9 Å². The van der Waals surface area contributed by atoms with Crippen LogP contribution in [0.3, 0.4) is 0 Å². The molecule has 258 valence electrons. The van der Waals surface area contributed by atoms with Gasteiger partial charge in [0.15, 0.2) is 11.7 Å². The average Bonchev–Trinajstić information content (AvgIpc) is 3.57. The number of nitrogens with zero attached hydrogens (tertiary/aromatic N) is 3. The summed E-state index contributed by atoms with van der Waals surface area (Å²) in [6, 6.07) is 4.58. The summed E-state index contributed by atoms with van der Waals surface area (Å²) in [5.41, 5.74) is 4.82. The molecule has 1 aromatic heterocycles. The third-order valence-corrected chi connectivity index (χ3v) is 12.8. The van der Waals surface area contributed by atoms with Crippen molar-refractivity contribution in [2.45, 2.75) is 112 Å². The van der Waals surface area contributed by atoms with Crippen molar-refractivity contribution in [3.8, 4) is 5.75 Å². The van der Waals surface area contributed by atoms with Gasteiger partial charge in [0.25, 0.3) is 0 Å². The molecular weight excluding hydrogens is 609 g/mol. The first-order chi connectivity index (χ1) is 22.3. The summed E-state index contributed by atoms with van der Waals surface area (Å²) in [5, 5.41) is 8.28. The molecule has 5 atom stereocenters. The molecule has 2 saturated carbocycles. The Labute approximate surface area is 286 Å². The van der Waals surface area contributed by atoms with E-state index in [2.05, 4.69) is 76.1 Å². The monoisotopic (exact) mass is 665 g/mol. The summed E-state index contributed by atoms with van der Waals surface area (Å²) in [6.07, 6.45) is 8.17. The molecule has 8 nitrogen and oxygen atoms in total. The van der Waals surface area contributed by atoms with Gasteiger partial charge in [0.05, 0.1) is 25.3 Å². The van der Waals surface area contributed by atoms with Crippen molar-refractivity contribution in [3.05, 3.63) is 39.9 Å². The lowest BCUT2D eigenvalue weighted by Crippen LogP contribution is -2.51. The minimum absolute atomic E-state index is 0.0317. The highest BCUT2D eigenvalue weighted by Crippen LogP contribution is 2.63. The molecule has 0 saturated heterocycles. The van der Waals surface area contributed by atoms with Crippen LogP contribution in [-0.2, 0) is 26.3 Å². The lowest BCUT2D eigenvalue weighted by molar-refractivity contribution is -0.916. The van der Waals surface area contributed by atoms with E-state index in [1.807, 2.05) is 6.92 Å². The predicted octanol–water partition coefficient (Wildman–Crippen LogP) is 8.03. The van der Waals surface area contributed by atoms with E-state index in [0.29, 0.717) is 41.8 Å². The number of likely N-dealkylation sites (N-methyl/N-ethyl adjacent to an activating group) is 1. The van der Waals surface area contributed by atoms with Crippen molar-refractivity contribution >= 4 is 34.1 Å². The molecule has 0 aliphatic heterocycles. The van der Waals surface area contributed by atoms with Crippen molar-refractivity contribution in [1.82, 2.24) is 4.98 Å². The highest BCUT2D eigenvalue weighted by molar-refractivity contribution is 7.15. The van der Waals surface area contributed by atoms with E-state index in [1.54, 1.807) is 13.3 Å². The first-order valence-electron chi connectivity index (χ1n) is 17.8. The van der Waals surface area contributed by atoms with Gasteiger partial charge in [0, 0.05) is 28.5 Å². The molecule has 3 unspecified atom stereocenters. The number of thiazole rings is 1. The molecule has 0 radical (unpaired) electrons. The normalized spacial score (nSPS) is 26.4. The van der Waals surface area contributed by atoms with Crippen LogP contribution in [0.2, 0.25) is 0 Å². The van der Waals surface area contributed by atoms with Gasteiger partial charge in [-0.05, 0) is 112 Å². The Hall–Kier alpha value is -2.78. The van der Waals surface area contributed by atoms with Crippen LogP contribution < -0.4 is 10.1 Å². The number of fused-ring (bicyclic) bond motifs is 5. The topological polar surface area (TPSA) is 89.9 Å². The standard InChI is InChI=1S/C38H56N4O4S/c1-10-42(11-2,12-3)23-34(44)46-31-19-25-13-15-28-27(29(25)21-30(31)37(5,6)7)17-18-38(8)32(41-45-9)20-26(35(28)38)14-16-33(43)40-36-39-22-24(4)47-36/h19,21-22,26-28,35H,10-18,20,23H2,1-9H3/p+1/b41-32+/t26-,27?,28?,35?,38-/m1/s1. The molecule has 0 spiro atoms. The summed E-state index contributed by atoms with van der Waals surface area (Å²) in [4.78, 5) is 37.2. The number of amides is 1. The number of aryl methyl sites for hydroxylation is 2. The molecule has 2 fully saturated rings. The zero-order valence-corrected chi connectivity index (χ0v) is 31.0. The van der Waals surface area contributed by atoms with Gasteiger partial charge in [0.2, 0.25) is 5.91 Å². The number of benzene rings is 1. The second-order valence-electron chi connectivity index (χ2n) is 15.6. The molecule has 0 bridgehead atoms. The fourth-order valence-electron chi connectivity index (χ4n) is 9.21. The maximum Gasteiger partial charge on any atom is 0.367 e. The van der Waals surface area contributed by atoms with Crippen LogP contribution in [-0.4, -0.2) is 60.3 Å². The van der Waals surface area contributed by atoms with Crippen LogP contribution in [0, 0.1) is 30.1 Å². The molecular formula is C38H57N4O4S+. The number of esters is 1. The highest BCUT2D eigenvalue weighted by Gasteiger charge is 2.57. The van der Waals surface area contributed by atoms with Crippen molar-refractivity contribution in [1.29, 1.82) is 0 Å². The number of quaternary nitrogens is 1. The van der Waals surface area contributed by atoms with Gasteiger partial charge in [-0.25, -0.2) is 9.78 Å². The number of anilines is 1. The van der Waals surface area contributed by atoms with E-state index in [9.17, 15) is 9.59 Å². The van der Waals surface area contributed by atoms with Crippen LogP contribution in [0.15, 0.2) is 23.5 Å². The first-order valence-corrected chi connectivity index (χ1v) is 18.6. The quantitative estimate of drug-likeness (QED) is 0.114. The van der Waals surface area contributed by atoms with Crippen LogP contribution in [0.25, 0.3) is 0 Å². The number of hydrogen-bond acceptors (Lipinski definition) is 7. The zero-order chi connectivity index (χ0) is 34.1. The number of aromatic nitrogens is 1. The number of carbonyl (C=O) groups is 2. The Morgan fingerprint density at radius 3 is 2.49 bits per heavy atom. The number of hydrogen-bond donors (Lipinski definition) is 1. The summed E-state index contributed by atoms with van der Waals surface area (Å²) in [7, 11) is 1.65. The van der Waals surface area contributed by atoms with Crippen LogP contribution in [0.5, 0.6) is 5.75 Å². The third-order valence-electron chi connectivity index (χ3n) is 12.0. The SMILES string of the molecule is CC[N+](CC)(CC)CC(=O)Oc1cc2c(cc1C(C)(C)C)C1CC[C@]3(C)/C(=N/OC)C[C@@H](CCC(=O)Nc4ncc(C)s4)C3C1CC2. The number of carbonyl (C=O) groups excluding carboxylic acids is 2. The van der Waals surface area contributed by atoms with Crippen molar-refractivity contribution in [3.63, 3.8) is 0 Å². The van der Waals surface area contributed by atoms with Gasteiger partial charge in [-0.15, -0.1) is 11.3 Å². The van der Waals surface area contributed by atoms with Crippen molar-refractivity contribution < 1.29 is 23.6 Å². The van der Waals surface area contributed by atoms with Crippen LogP contribution >= 0.6 is 11.3 Å². The maximum absolute atomic E-state index is 13.4. The molecule has 1 aromatic carbocycles. The van der Waals surface area contributed by atoms with E-state index in [0.717, 1.165) is 84.5 Å². The van der Waals surface area contributed by atoms with Crippen molar-refractivity contribution in [2.24, 2.45) is 28.3 Å². The molecule has 1 amide bonds. The average molecular weight is 666 g/mol. The van der Waals surface area contributed by atoms with Gasteiger partial charge < -0.3 is 19.4 Å². The van der Waals surface area contributed by atoms with E-state index in [1.165, 1.54) is 22.5 Å². The van der Waals surface area contributed by atoms with Gasteiger partial charge in [0.1, 0.15) is 12.9 Å². The van der Waals surface area contributed by atoms with Gasteiger partial charge >= 0.3 is 5.97 Å². The Balaban J connectivity index is 1.41. The minimum atomic E-state index is -0.176. The Morgan fingerprint density at radius 2 is 1.87 bits per heavy atom. The Morgan fingerprint density at radius 1 is 1.15 bits per heavy atom. The van der Waals surface area contributed by atoms with Crippen LogP contribution in [0.4, 0.5) is 5.13 Å². The second kappa shape index (κ2) is 14.0. The zero-order valence-electron chi connectivity index (χ0n) is 30.2. The smallest absolute Gasteiger partial charge is 0.367 e. The second-order valence-corrected chi connectivity index (χ2v) is 16.8. The fraction of sp³-hybridized carbons (Fsp3) is 0.684. The molecule has 2 aromatic rings. The molecule has 47 heavy (non-hydrogen) atoms. The number of oxime groups is 1. The number of rotatable bonds is 11. The number of ether oxygens (including phenoxy) is 1. The lowest BCUT2D eigenvalue weighted by Gasteiger charge is -2.50. The lowest BCUT2D eigenvalue weighted by atomic mass is 9.53. The molecule has 5 rings (SSSR count). The summed E-state index contributed by atoms with van der Waals surface area (Å²) < 4.78 is 6.99. The predicted molar refractivity (Wildman–Crippen MR) is 190 cm³/mol. The molecule has 3 aliphatic carbocycles. The fourth-order valence-corrected chi connectivity index (χ4v) is 9.89. The largest absolute Gasteiger partial charge is 0.422 e. The van der Waals surface area contributed by atoms with Crippen molar-refractivity contribution in [2.75, 3.05) is 38.6 Å². The van der Waals surface area contributed by atoms with E-state index in [4.69, 9.17) is 9.57 Å². The van der Waals surface area contributed by atoms with Gasteiger partial charge in [-0.3, -0.25) is 4.79 Å². The highest BCUT2D eigenvalue weighted by atomic mass is 32.1. The Bertz CT molecular complexity index is 1480. The van der Waals surface area contributed by atoms with E-state index >= 15 is 0 Å². The minimum Gasteiger partial charge on any atom is -0.422 e. The molecule has 1 N–H and O–H groups in total.